The zero-order valence-electron chi connectivity index (χ0n) is 17.4. The largest absolute Gasteiger partial charge is 0.504 e. The summed E-state index contributed by atoms with van der Waals surface area (Å²) in [6, 6.07) is 20.7. The molecule has 0 unspecified atom stereocenters. The minimum absolute atomic E-state index is 0.0757. The van der Waals surface area contributed by atoms with Crippen LogP contribution in [-0.4, -0.2) is 32.2 Å². The normalized spacial score (nSPS) is 14.7. The van der Waals surface area contributed by atoms with Gasteiger partial charge in [0.05, 0.1) is 17.9 Å². The van der Waals surface area contributed by atoms with E-state index in [0.29, 0.717) is 5.69 Å². The van der Waals surface area contributed by atoms with Gasteiger partial charge < -0.3 is 15.5 Å². The molecule has 166 valence electrons. The molecule has 1 fully saturated rings. The highest BCUT2D eigenvalue weighted by atomic mass is 32.2. The highest BCUT2D eigenvalue weighted by Gasteiger charge is 2.35. The Balaban J connectivity index is 1.40. The predicted molar refractivity (Wildman–Crippen MR) is 127 cm³/mol. The summed E-state index contributed by atoms with van der Waals surface area (Å²) in [6.07, 6.45) is 1.64. The van der Waals surface area contributed by atoms with E-state index in [1.165, 1.54) is 24.3 Å². The molecule has 0 saturated carbocycles. The maximum atomic E-state index is 12.7. The Labute approximate surface area is 194 Å². The summed E-state index contributed by atoms with van der Waals surface area (Å²) in [5, 5.41) is 22.0. The standard InChI is InChI=1S/C25H20N2O5S/c28-20-8-4-7-18(23(20)30)14-21-24(31)27(25(32)33-21)15-17-9-11-19(12-10-17)26-22(29)13-16-5-2-1-3-6-16/h1-12,14,28,30H,13,15H2,(H,26,29)/b21-14-. The first-order valence-electron chi connectivity index (χ1n) is 10.1. The number of nitrogens with one attached hydrogen (secondary N) is 1. The van der Waals surface area contributed by atoms with Crippen LogP contribution >= 0.6 is 11.8 Å². The SMILES string of the molecule is O=C(Cc1ccccc1)Nc1ccc(CN2C(=O)S/C(=C\c3cccc(O)c3O)C2=O)cc1. The van der Waals surface area contributed by atoms with Crippen LogP contribution in [0.25, 0.3) is 6.08 Å². The minimum Gasteiger partial charge on any atom is -0.504 e. The number of anilines is 1. The number of carbonyl (C=O) groups excluding carboxylic acids is 3. The molecule has 4 rings (SSSR count). The van der Waals surface area contributed by atoms with Crippen LogP contribution in [0.1, 0.15) is 16.7 Å². The molecule has 3 amide bonds. The lowest BCUT2D eigenvalue weighted by molar-refractivity contribution is -0.123. The van der Waals surface area contributed by atoms with Gasteiger partial charge in [-0.05, 0) is 47.2 Å². The quantitative estimate of drug-likeness (QED) is 0.369. The van der Waals surface area contributed by atoms with Gasteiger partial charge in [-0.1, -0.05) is 54.6 Å². The molecule has 33 heavy (non-hydrogen) atoms. The molecule has 0 spiro atoms. The first kappa shape index (κ1) is 22.2. The van der Waals surface area contributed by atoms with Crippen LogP contribution in [0.15, 0.2) is 77.7 Å². The molecule has 1 aliphatic rings. The Morgan fingerprint density at radius 1 is 0.909 bits per heavy atom. The number of para-hydroxylation sites is 1. The van der Waals surface area contributed by atoms with Crippen molar-refractivity contribution in [2.24, 2.45) is 0 Å². The number of rotatable bonds is 6. The van der Waals surface area contributed by atoms with E-state index in [1.807, 2.05) is 30.3 Å². The van der Waals surface area contributed by atoms with Crippen molar-refractivity contribution in [2.45, 2.75) is 13.0 Å². The number of thioether (sulfide) groups is 1. The lowest BCUT2D eigenvalue weighted by Crippen LogP contribution is -2.27. The fourth-order valence-corrected chi connectivity index (χ4v) is 4.13. The maximum absolute atomic E-state index is 12.7. The van der Waals surface area contributed by atoms with Crippen molar-refractivity contribution in [2.75, 3.05) is 5.32 Å². The first-order valence-corrected chi connectivity index (χ1v) is 10.9. The average molecular weight is 461 g/mol. The average Bonchev–Trinajstić information content (AvgIpc) is 3.06. The second kappa shape index (κ2) is 9.62. The molecule has 0 aliphatic carbocycles. The second-order valence-electron chi connectivity index (χ2n) is 7.39. The van der Waals surface area contributed by atoms with E-state index in [9.17, 15) is 24.6 Å². The van der Waals surface area contributed by atoms with E-state index >= 15 is 0 Å². The summed E-state index contributed by atoms with van der Waals surface area (Å²) in [7, 11) is 0. The third-order valence-electron chi connectivity index (χ3n) is 4.99. The van der Waals surface area contributed by atoms with Gasteiger partial charge in [0.15, 0.2) is 11.5 Å². The molecule has 1 aliphatic heterocycles. The van der Waals surface area contributed by atoms with Gasteiger partial charge in [-0.3, -0.25) is 19.3 Å². The smallest absolute Gasteiger partial charge is 0.293 e. The van der Waals surface area contributed by atoms with Gasteiger partial charge in [0.2, 0.25) is 5.91 Å². The van der Waals surface area contributed by atoms with Crippen LogP contribution < -0.4 is 5.32 Å². The number of phenolic OH excluding ortho intramolecular Hbond substituents is 2. The number of hydrogen-bond acceptors (Lipinski definition) is 6. The lowest BCUT2D eigenvalue weighted by atomic mass is 10.1. The molecule has 0 radical (unpaired) electrons. The van der Waals surface area contributed by atoms with Crippen LogP contribution in [0, 0.1) is 0 Å². The Kier molecular flexibility index (Phi) is 6.46. The van der Waals surface area contributed by atoms with E-state index in [-0.39, 0.29) is 40.8 Å². The minimum atomic E-state index is -0.479. The number of benzene rings is 3. The van der Waals surface area contributed by atoms with E-state index < -0.39 is 11.1 Å². The van der Waals surface area contributed by atoms with Crippen LogP contribution in [0.2, 0.25) is 0 Å². The van der Waals surface area contributed by atoms with Gasteiger partial charge >= 0.3 is 0 Å². The van der Waals surface area contributed by atoms with E-state index in [2.05, 4.69) is 5.32 Å². The summed E-state index contributed by atoms with van der Waals surface area (Å²) in [5.41, 5.74) is 2.50. The number of carbonyl (C=O) groups is 3. The number of imide groups is 1. The van der Waals surface area contributed by atoms with Crippen molar-refractivity contribution >= 4 is 40.6 Å². The molecule has 0 aromatic heterocycles. The maximum Gasteiger partial charge on any atom is 0.293 e. The van der Waals surface area contributed by atoms with Gasteiger partial charge in [0, 0.05) is 11.3 Å². The Bertz CT molecular complexity index is 1240. The molecule has 1 saturated heterocycles. The van der Waals surface area contributed by atoms with Crippen molar-refractivity contribution in [3.05, 3.63) is 94.4 Å². The number of nitrogens with zero attached hydrogens (tertiary/aromatic N) is 1. The van der Waals surface area contributed by atoms with E-state index in [1.54, 1.807) is 24.3 Å². The molecule has 3 aromatic rings. The fraction of sp³-hybridized carbons (Fsp3) is 0.0800. The summed E-state index contributed by atoms with van der Waals surface area (Å²) in [6.45, 7) is 0.0757. The summed E-state index contributed by atoms with van der Waals surface area (Å²) in [5.74, 6) is -1.28. The Morgan fingerprint density at radius 3 is 2.36 bits per heavy atom. The molecular weight excluding hydrogens is 440 g/mol. The van der Waals surface area contributed by atoms with Crippen molar-refractivity contribution in [1.29, 1.82) is 0 Å². The van der Waals surface area contributed by atoms with Gasteiger partial charge in [-0.25, -0.2) is 0 Å². The third kappa shape index (κ3) is 5.24. The van der Waals surface area contributed by atoms with E-state index in [4.69, 9.17) is 0 Å². The molecule has 7 nitrogen and oxygen atoms in total. The van der Waals surface area contributed by atoms with Crippen LogP contribution in [-0.2, 0) is 22.6 Å². The molecule has 1 heterocycles. The number of amides is 3. The summed E-state index contributed by atoms with van der Waals surface area (Å²) < 4.78 is 0. The number of aromatic hydroxyl groups is 2. The van der Waals surface area contributed by atoms with Crippen molar-refractivity contribution < 1.29 is 24.6 Å². The van der Waals surface area contributed by atoms with Gasteiger partial charge in [0.1, 0.15) is 0 Å². The number of hydrogen-bond donors (Lipinski definition) is 3. The van der Waals surface area contributed by atoms with Gasteiger partial charge in [-0.2, -0.15) is 0 Å². The third-order valence-corrected chi connectivity index (χ3v) is 5.90. The van der Waals surface area contributed by atoms with Gasteiger partial charge in [0.25, 0.3) is 11.1 Å². The summed E-state index contributed by atoms with van der Waals surface area (Å²) in [4.78, 5) is 38.6. The van der Waals surface area contributed by atoms with Crippen molar-refractivity contribution in [3.8, 4) is 11.5 Å². The van der Waals surface area contributed by atoms with Crippen molar-refractivity contribution in [3.63, 3.8) is 0 Å². The molecule has 8 heteroatoms. The first-order chi connectivity index (χ1) is 15.9. The molecular formula is C25H20N2O5S. The Morgan fingerprint density at radius 2 is 1.64 bits per heavy atom. The fourth-order valence-electron chi connectivity index (χ4n) is 3.31. The zero-order chi connectivity index (χ0) is 23.4. The molecule has 0 atom stereocenters. The monoisotopic (exact) mass is 460 g/mol. The topological polar surface area (TPSA) is 107 Å². The van der Waals surface area contributed by atoms with Crippen molar-refractivity contribution in [1.82, 2.24) is 4.90 Å². The molecule has 3 N–H and O–H groups in total. The molecule has 0 bridgehead atoms. The lowest BCUT2D eigenvalue weighted by Gasteiger charge is -2.13. The highest BCUT2D eigenvalue weighted by Crippen LogP contribution is 2.36. The number of phenols is 2. The molecule has 3 aromatic carbocycles. The zero-order valence-corrected chi connectivity index (χ0v) is 18.2. The van der Waals surface area contributed by atoms with Gasteiger partial charge in [-0.15, -0.1) is 0 Å². The predicted octanol–water partition coefficient (Wildman–Crippen LogP) is 4.52. The van der Waals surface area contributed by atoms with Crippen LogP contribution in [0.3, 0.4) is 0 Å². The van der Waals surface area contributed by atoms with Crippen LogP contribution in [0.4, 0.5) is 10.5 Å². The second-order valence-corrected chi connectivity index (χ2v) is 8.38. The Hall–Kier alpha value is -4.04. The highest BCUT2D eigenvalue weighted by molar-refractivity contribution is 8.18. The summed E-state index contributed by atoms with van der Waals surface area (Å²) >= 11 is 0.772. The van der Waals surface area contributed by atoms with E-state index in [0.717, 1.165) is 27.8 Å². The van der Waals surface area contributed by atoms with Crippen LogP contribution in [0.5, 0.6) is 11.5 Å².